The minimum absolute atomic E-state index is 0.337. The number of aromatic hydroxyl groups is 1. The van der Waals surface area contributed by atoms with E-state index in [1.165, 1.54) is 5.56 Å². The first-order valence-electron chi connectivity index (χ1n) is 7.95. The maximum atomic E-state index is 9.87. The molecule has 1 aliphatic heterocycles. The van der Waals surface area contributed by atoms with Crippen LogP contribution in [-0.4, -0.2) is 17.4 Å². The van der Waals surface area contributed by atoms with Crippen LogP contribution in [0.1, 0.15) is 30.9 Å². The average Bonchev–Trinajstić information content (AvgIpc) is 2.53. The molecule has 3 nitrogen and oxygen atoms in total. The number of hydrogen-bond donors (Lipinski definition) is 2. The van der Waals surface area contributed by atoms with E-state index in [1.807, 2.05) is 18.2 Å². The van der Waals surface area contributed by atoms with Gasteiger partial charge in [-0.05, 0) is 50.4 Å². The second-order valence-corrected chi connectivity index (χ2v) is 6.10. The molecule has 1 atom stereocenters. The van der Waals surface area contributed by atoms with Gasteiger partial charge in [0.2, 0.25) is 0 Å². The van der Waals surface area contributed by atoms with Crippen LogP contribution in [0.4, 0.5) is 0 Å². The smallest absolute Gasteiger partial charge is 0.158 e. The lowest BCUT2D eigenvalue weighted by atomic mass is 9.98. The fraction of sp³-hybridized carbons (Fsp3) is 0.368. The van der Waals surface area contributed by atoms with Crippen LogP contribution in [0.3, 0.4) is 0 Å². The minimum atomic E-state index is -0.350. The molecule has 116 valence electrons. The van der Waals surface area contributed by atoms with E-state index >= 15 is 0 Å². The Bertz CT molecular complexity index is 627. The van der Waals surface area contributed by atoms with Gasteiger partial charge >= 0.3 is 0 Å². The van der Waals surface area contributed by atoms with E-state index in [9.17, 15) is 5.11 Å². The standard InChI is InChI=1S/C19H23NO2/c1-19(20-14-6-9-15-7-3-2-4-8-15)13-12-16-17(21)10-5-11-18(16)22-19/h2-5,7-8,10-11,20-21H,6,9,12-14H2,1H3. The third-order valence-electron chi connectivity index (χ3n) is 4.28. The Kier molecular flexibility index (Phi) is 4.34. The third kappa shape index (κ3) is 3.42. The zero-order valence-corrected chi connectivity index (χ0v) is 13.0. The van der Waals surface area contributed by atoms with Gasteiger partial charge in [0.25, 0.3) is 0 Å². The van der Waals surface area contributed by atoms with Gasteiger partial charge in [-0.25, -0.2) is 0 Å². The summed E-state index contributed by atoms with van der Waals surface area (Å²) in [4.78, 5) is 0. The number of ether oxygens (including phenoxy) is 1. The quantitative estimate of drug-likeness (QED) is 0.828. The predicted octanol–water partition coefficient (Wildman–Crippen LogP) is 3.66. The summed E-state index contributed by atoms with van der Waals surface area (Å²) in [5.74, 6) is 1.13. The average molecular weight is 297 g/mol. The van der Waals surface area contributed by atoms with Gasteiger partial charge in [-0.3, -0.25) is 5.32 Å². The molecule has 0 radical (unpaired) electrons. The summed E-state index contributed by atoms with van der Waals surface area (Å²) in [6.07, 6.45) is 3.85. The highest BCUT2D eigenvalue weighted by Gasteiger charge is 2.31. The highest BCUT2D eigenvalue weighted by Crippen LogP contribution is 2.36. The molecule has 0 spiro atoms. The maximum absolute atomic E-state index is 9.87. The Labute approximate surface area is 131 Å². The van der Waals surface area contributed by atoms with Gasteiger partial charge in [-0.1, -0.05) is 36.4 Å². The molecule has 0 aliphatic carbocycles. The Morgan fingerprint density at radius 1 is 1.14 bits per heavy atom. The fourth-order valence-electron chi connectivity index (χ4n) is 2.97. The number of fused-ring (bicyclic) bond motifs is 1. The lowest BCUT2D eigenvalue weighted by molar-refractivity contribution is 0.0298. The fourth-order valence-corrected chi connectivity index (χ4v) is 2.97. The Morgan fingerprint density at radius 2 is 1.95 bits per heavy atom. The van der Waals surface area contributed by atoms with Crippen molar-refractivity contribution in [2.24, 2.45) is 0 Å². The van der Waals surface area contributed by atoms with Crippen LogP contribution in [0.15, 0.2) is 48.5 Å². The van der Waals surface area contributed by atoms with E-state index in [0.29, 0.717) is 5.75 Å². The van der Waals surface area contributed by atoms with Crippen molar-refractivity contribution in [1.82, 2.24) is 5.32 Å². The van der Waals surface area contributed by atoms with E-state index in [2.05, 4.69) is 36.5 Å². The summed E-state index contributed by atoms with van der Waals surface area (Å²) >= 11 is 0. The van der Waals surface area contributed by atoms with E-state index in [0.717, 1.165) is 43.5 Å². The highest BCUT2D eigenvalue weighted by molar-refractivity contribution is 5.45. The Hall–Kier alpha value is -2.00. The molecule has 0 amide bonds. The van der Waals surface area contributed by atoms with Gasteiger partial charge in [0, 0.05) is 12.0 Å². The van der Waals surface area contributed by atoms with Crippen molar-refractivity contribution in [2.45, 2.75) is 38.3 Å². The monoisotopic (exact) mass is 297 g/mol. The van der Waals surface area contributed by atoms with Crippen LogP contribution in [0.2, 0.25) is 0 Å². The molecule has 0 fully saturated rings. The van der Waals surface area contributed by atoms with Crippen molar-refractivity contribution in [3.63, 3.8) is 0 Å². The molecular weight excluding hydrogens is 274 g/mol. The van der Waals surface area contributed by atoms with Crippen molar-refractivity contribution in [2.75, 3.05) is 6.54 Å². The topological polar surface area (TPSA) is 41.5 Å². The second kappa shape index (κ2) is 6.41. The van der Waals surface area contributed by atoms with Gasteiger partial charge < -0.3 is 9.84 Å². The SMILES string of the molecule is CC1(NCCCc2ccccc2)CCc2c(O)cccc2O1. The molecule has 0 aromatic heterocycles. The molecule has 0 saturated heterocycles. The van der Waals surface area contributed by atoms with E-state index < -0.39 is 0 Å². The van der Waals surface area contributed by atoms with Gasteiger partial charge in [0.05, 0.1) is 0 Å². The lowest BCUT2D eigenvalue weighted by Crippen LogP contribution is -2.50. The van der Waals surface area contributed by atoms with Gasteiger partial charge in [-0.2, -0.15) is 0 Å². The zero-order chi connectivity index (χ0) is 15.4. The van der Waals surface area contributed by atoms with Gasteiger partial charge in [0.1, 0.15) is 11.5 Å². The molecule has 0 saturated carbocycles. The maximum Gasteiger partial charge on any atom is 0.158 e. The summed E-state index contributed by atoms with van der Waals surface area (Å²) < 4.78 is 6.08. The Balaban J connectivity index is 1.52. The van der Waals surface area contributed by atoms with Crippen LogP contribution in [-0.2, 0) is 12.8 Å². The normalized spacial score (nSPS) is 20.2. The number of phenols is 1. The third-order valence-corrected chi connectivity index (χ3v) is 4.28. The van der Waals surface area contributed by atoms with Crippen molar-refractivity contribution in [3.05, 3.63) is 59.7 Å². The number of hydrogen-bond acceptors (Lipinski definition) is 3. The molecule has 22 heavy (non-hydrogen) atoms. The van der Waals surface area contributed by atoms with E-state index in [4.69, 9.17) is 4.74 Å². The second-order valence-electron chi connectivity index (χ2n) is 6.10. The summed E-state index contributed by atoms with van der Waals surface area (Å²) in [6.45, 7) is 3.00. The first kappa shape index (κ1) is 14.9. The molecule has 0 bridgehead atoms. The van der Waals surface area contributed by atoms with Crippen molar-refractivity contribution >= 4 is 0 Å². The Morgan fingerprint density at radius 3 is 2.77 bits per heavy atom. The number of aryl methyl sites for hydroxylation is 1. The first-order valence-corrected chi connectivity index (χ1v) is 7.95. The number of nitrogens with one attached hydrogen (secondary N) is 1. The minimum Gasteiger partial charge on any atom is -0.508 e. The van der Waals surface area contributed by atoms with Crippen LogP contribution >= 0.6 is 0 Å². The molecule has 2 aromatic carbocycles. The number of phenolic OH excluding ortho intramolecular Hbond substituents is 1. The molecule has 1 aliphatic rings. The van der Waals surface area contributed by atoms with Crippen LogP contribution in [0.25, 0.3) is 0 Å². The van der Waals surface area contributed by atoms with Crippen molar-refractivity contribution < 1.29 is 9.84 Å². The molecule has 1 heterocycles. The van der Waals surface area contributed by atoms with Crippen molar-refractivity contribution in [3.8, 4) is 11.5 Å². The molecule has 3 heteroatoms. The summed E-state index contributed by atoms with van der Waals surface area (Å²) in [6, 6.07) is 16.0. The van der Waals surface area contributed by atoms with Crippen molar-refractivity contribution in [1.29, 1.82) is 0 Å². The summed E-state index contributed by atoms with van der Waals surface area (Å²) in [5.41, 5.74) is 1.94. The summed E-state index contributed by atoms with van der Waals surface area (Å²) in [7, 11) is 0. The molecular formula is C19H23NO2. The largest absolute Gasteiger partial charge is 0.508 e. The van der Waals surface area contributed by atoms with Crippen LogP contribution < -0.4 is 10.1 Å². The van der Waals surface area contributed by atoms with Crippen LogP contribution in [0, 0.1) is 0 Å². The van der Waals surface area contributed by atoms with E-state index in [-0.39, 0.29) is 5.72 Å². The summed E-state index contributed by atoms with van der Waals surface area (Å²) in [5, 5.41) is 13.4. The molecule has 3 rings (SSSR count). The van der Waals surface area contributed by atoms with E-state index in [1.54, 1.807) is 6.07 Å². The number of rotatable bonds is 5. The zero-order valence-electron chi connectivity index (χ0n) is 13.0. The highest BCUT2D eigenvalue weighted by atomic mass is 16.5. The molecule has 2 aromatic rings. The van der Waals surface area contributed by atoms with Crippen LogP contribution in [0.5, 0.6) is 11.5 Å². The van der Waals surface area contributed by atoms with Gasteiger partial charge in [-0.15, -0.1) is 0 Å². The lowest BCUT2D eigenvalue weighted by Gasteiger charge is -2.36. The molecule has 2 N–H and O–H groups in total. The number of benzene rings is 2. The predicted molar refractivity (Wildman–Crippen MR) is 88.2 cm³/mol. The first-order chi connectivity index (χ1) is 10.7. The van der Waals surface area contributed by atoms with Gasteiger partial charge in [0.15, 0.2) is 5.72 Å². The molecule has 1 unspecified atom stereocenters.